The third-order valence-corrected chi connectivity index (χ3v) is 3.12. The minimum absolute atomic E-state index is 0.0868. The second kappa shape index (κ2) is 5.73. The summed E-state index contributed by atoms with van der Waals surface area (Å²) in [5.74, 6) is -9.59. The van der Waals surface area contributed by atoms with Crippen molar-refractivity contribution in [2.75, 3.05) is 25.1 Å². The highest BCUT2D eigenvalue weighted by Gasteiger charge is 2.26. The lowest BCUT2D eigenvalue weighted by atomic mass is 10.0. The zero-order valence-electron chi connectivity index (χ0n) is 9.91. The minimum Gasteiger partial charge on any atom is -0.381 e. The summed E-state index contributed by atoms with van der Waals surface area (Å²) in [5, 5.41) is 2.31. The van der Waals surface area contributed by atoms with E-state index in [1.807, 2.05) is 0 Å². The predicted octanol–water partition coefficient (Wildman–Crippen LogP) is 3.22. The molecule has 0 unspecified atom stereocenters. The quantitative estimate of drug-likeness (QED) is 0.522. The van der Waals surface area contributed by atoms with Crippen molar-refractivity contribution in [1.29, 1.82) is 0 Å². The van der Waals surface area contributed by atoms with E-state index in [0.717, 1.165) is 0 Å². The number of ether oxygens (including phenoxy) is 1. The van der Waals surface area contributed by atoms with Gasteiger partial charge in [0, 0.05) is 19.8 Å². The van der Waals surface area contributed by atoms with Gasteiger partial charge in [-0.2, -0.15) is 0 Å². The fourth-order valence-electron chi connectivity index (χ4n) is 1.96. The number of hydrogen-bond donors (Lipinski definition) is 1. The van der Waals surface area contributed by atoms with Crippen LogP contribution in [-0.2, 0) is 4.74 Å². The maximum atomic E-state index is 13.3. The summed E-state index contributed by atoms with van der Waals surface area (Å²) in [5.41, 5.74) is -0.970. The zero-order chi connectivity index (χ0) is 14.0. The highest BCUT2D eigenvalue weighted by Crippen LogP contribution is 2.27. The molecule has 2 nitrogen and oxygen atoms in total. The molecule has 1 aromatic carbocycles. The van der Waals surface area contributed by atoms with Crippen molar-refractivity contribution in [3.05, 3.63) is 29.1 Å². The van der Waals surface area contributed by atoms with Crippen molar-refractivity contribution >= 4 is 5.69 Å². The molecule has 1 saturated heterocycles. The van der Waals surface area contributed by atoms with Crippen molar-refractivity contribution in [3.8, 4) is 0 Å². The molecule has 1 aliphatic heterocycles. The van der Waals surface area contributed by atoms with Crippen LogP contribution >= 0.6 is 0 Å². The Kier molecular flexibility index (Phi) is 4.24. The van der Waals surface area contributed by atoms with Gasteiger partial charge in [0.2, 0.25) is 5.82 Å². The van der Waals surface area contributed by atoms with E-state index in [2.05, 4.69) is 5.32 Å². The lowest BCUT2D eigenvalue weighted by Gasteiger charge is -2.23. The number of anilines is 1. The first-order valence-corrected chi connectivity index (χ1v) is 5.85. The van der Waals surface area contributed by atoms with Crippen LogP contribution in [0.4, 0.5) is 27.6 Å². The summed E-state index contributed by atoms with van der Waals surface area (Å²) in [4.78, 5) is 0. The van der Waals surface area contributed by atoms with Crippen molar-refractivity contribution in [2.45, 2.75) is 12.8 Å². The number of benzene rings is 1. The van der Waals surface area contributed by atoms with E-state index >= 15 is 0 Å². The van der Waals surface area contributed by atoms with Gasteiger partial charge >= 0.3 is 0 Å². The first-order valence-electron chi connectivity index (χ1n) is 5.85. The Labute approximate surface area is 106 Å². The third-order valence-electron chi connectivity index (χ3n) is 3.12. The van der Waals surface area contributed by atoms with Gasteiger partial charge in [-0.25, -0.2) is 22.0 Å². The average molecular weight is 281 g/mol. The van der Waals surface area contributed by atoms with Crippen molar-refractivity contribution in [2.24, 2.45) is 5.92 Å². The largest absolute Gasteiger partial charge is 0.381 e. The van der Waals surface area contributed by atoms with E-state index in [4.69, 9.17) is 4.74 Å². The Hall–Kier alpha value is -1.37. The van der Waals surface area contributed by atoms with Gasteiger partial charge in [-0.1, -0.05) is 0 Å². The minimum atomic E-state index is -2.15. The molecule has 0 bridgehead atoms. The topological polar surface area (TPSA) is 21.3 Å². The van der Waals surface area contributed by atoms with Crippen LogP contribution in [0.25, 0.3) is 0 Å². The van der Waals surface area contributed by atoms with E-state index in [1.54, 1.807) is 0 Å². The lowest BCUT2D eigenvalue weighted by molar-refractivity contribution is 0.0699. The molecule has 0 atom stereocenters. The first kappa shape index (κ1) is 14.0. The van der Waals surface area contributed by atoms with Crippen molar-refractivity contribution in [3.63, 3.8) is 0 Å². The van der Waals surface area contributed by atoms with E-state index < -0.39 is 34.8 Å². The van der Waals surface area contributed by atoms with Gasteiger partial charge in [-0.15, -0.1) is 0 Å². The van der Waals surface area contributed by atoms with E-state index in [9.17, 15) is 22.0 Å². The molecule has 19 heavy (non-hydrogen) atoms. The SMILES string of the molecule is Fc1c(F)c(F)c(NCC2CCOCC2)c(F)c1F. The van der Waals surface area contributed by atoms with Crippen LogP contribution in [0.5, 0.6) is 0 Å². The fraction of sp³-hybridized carbons (Fsp3) is 0.500. The van der Waals surface area contributed by atoms with Crippen LogP contribution < -0.4 is 5.32 Å². The van der Waals surface area contributed by atoms with Gasteiger partial charge in [0.1, 0.15) is 5.69 Å². The Morgan fingerprint density at radius 1 is 0.842 bits per heavy atom. The Morgan fingerprint density at radius 2 is 1.32 bits per heavy atom. The van der Waals surface area contributed by atoms with Gasteiger partial charge in [-0.3, -0.25) is 0 Å². The highest BCUT2D eigenvalue weighted by atomic mass is 19.2. The molecular formula is C12H12F5NO. The van der Waals surface area contributed by atoms with Crippen LogP contribution in [0.3, 0.4) is 0 Å². The molecule has 1 aromatic rings. The number of halogens is 5. The standard InChI is InChI=1S/C12H12F5NO/c13-7-8(14)10(16)12(11(17)9(7)15)18-5-6-1-3-19-4-2-6/h6,18H,1-5H2. The summed E-state index contributed by atoms with van der Waals surface area (Å²) >= 11 is 0. The summed E-state index contributed by atoms with van der Waals surface area (Å²) in [6, 6.07) is 0. The zero-order valence-corrected chi connectivity index (χ0v) is 9.91. The van der Waals surface area contributed by atoms with Crippen LogP contribution in [-0.4, -0.2) is 19.8 Å². The Balaban J connectivity index is 2.15. The summed E-state index contributed by atoms with van der Waals surface area (Å²) < 4.78 is 70.5. The molecule has 0 radical (unpaired) electrons. The van der Waals surface area contributed by atoms with Crippen molar-refractivity contribution in [1.82, 2.24) is 0 Å². The highest BCUT2D eigenvalue weighted by molar-refractivity contribution is 5.47. The number of rotatable bonds is 3. The van der Waals surface area contributed by atoms with Crippen LogP contribution in [0.1, 0.15) is 12.8 Å². The van der Waals surface area contributed by atoms with Crippen molar-refractivity contribution < 1.29 is 26.7 Å². The molecule has 0 aromatic heterocycles. The molecule has 106 valence electrons. The molecule has 2 rings (SSSR count). The second-order valence-corrected chi connectivity index (χ2v) is 4.38. The molecule has 0 spiro atoms. The molecule has 1 aliphatic rings. The summed E-state index contributed by atoms with van der Waals surface area (Å²) in [6.45, 7) is 1.20. The molecule has 1 N–H and O–H groups in total. The van der Waals surface area contributed by atoms with Gasteiger partial charge in [-0.05, 0) is 18.8 Å². The monoisotopic (exact) mass is 281 g/mol. The molecule has 0 amide bonds. The molecule has 0 aliphatic carbocycles. The summed E-state index contributed by atoms with van der Waals surface area (Å²) in [7, 11) is 0. The average Bonchev–Trinajstić information content (AvgIpc) is 2.44. The van der Waals surface area contributed by atoms with Crippen LogP contribution in [0, 0.1) is 35.0 Å². The molecule has 0 saturated carbocycles. The van der Waals surface area contributed by atoms with Gasteiger partial charge in [0.25, 0.3) is 0 Å². The van der Waals surface area contributed by atoms with Crippen LogP contribution in [0.2, 0.25) is 0 Å². The maximum Gasteiger partial charge on any atom is 0.200 e. The normalized spacial score (nSPS) is 16.7. The number of nitrogens with one attached hydrogen (secondary N) is 1. The van der Waals surface area contributed by atoms with Gasteiger partial charge < -0.3 is 10.1 Å². The summed E-state index contributed by atoms with van der Waals surface area (Å²) in [6.07, 6.45) is 1.37. The van der Waals surface area contributed by atoms with E-state index in [-0.39, 0.29) is 12.5 Å². The molecule has 7 heteroatoms. The maximum absolute atomic E-state index is 13.3. The van der Waals surface area contributed by atoms with Gasteiger partial charge in [0.05, 0.1) is 0 Å². The molecular weight excluding hydrogens is 269 g/mol. The first-order chi connectivity index (χ1) is 9.02. The van der Waals surface area contributed by atoms with E-state index in [0.29, 0.717) is 26.1 Å². The Morgan fingerprint density at radius 3 is 1.84 bits per heavy atom. The number of hydrogen-bond acceptors (Lipinski definition) is 2. The van der Waals surface area contributed by atoms with Crippen LogP contribution in [0.15, 0.2) is 0 Å². The van der Waals surface area contributed by atoms with Gasteiger partial charge in [0.15, 0.2) is 23.3 Å². The molecule has 1 fully saturated rings. The third kappa shape index (κ3) is 2.80. The lowest BCUT2D eigenvalue weighted by Crippen LogP contribution is -2.23. The predicted molar refractivity (Wildman–Crippen MR) is 58.3 cm³/mol. The van der Waals surface area contributed by atoms with E-state index in [1.165, 1.54) is 0 Å². The smallest absolute Gasteiger partial charge is 0.200 e. The second-order valence-electron chi connectivity index (χ2n) is 4.38. The fourth-order valence-corrected chi connectivity index (χ4v) is 1.96. The molecule has 1 heterocycles. The Bertz CT molecular complexity index is 445.